The Morgan fingerprint density at radius 1 is 0.938 bits per heavy atom. The van der Waals surface area contributed by atoms with Crippen LogP contribution in [0.3, 0.4) is 0 Å². The maximum absolute atomic E-state index is 12.7. The normalized spacial score (nSPS) is 32.2. The largest absolute Gasteiger partial charge is 0.549 e. The highest BCUT2D eigenvalue weighted by Gasteiger charge is 2.67. The van der Waals surface area contributed by atoms with Crippen molar-refractivity contribution in [3.63, 3.8) is 0 Å². The SMILES string of the molecule is CCCCC(CC)CC1(Br)C(Br)=CC(C(=O)[O-])C(Br)(C(=O)[O-])C1(Br)CC(CC)CCCC. The van der Waals surface area contributed by atoms with Gasteiger partial charge in [0.1, 0.15) is 0 Å². The van der Waals surface area contributed by atoms with Gasteiger partial charge in [0.05, 0.1) is 24.9 Å². The predicted molar refractivity (Wildman–Crippen MR) is 141 cm³/mol. The molecule has 0 aromatic heterocycles. The smallest absolute Gasteiger partial charge is 0.0935 e. The number of halogens is 4. The van der Waals surface area contributed by atoms with E-state index in [1.54, 1.807) is 0 Å². The van der Waals surface area contributed by atoms with Gasteiger partial charge in [-0.1, -0.05) is 149 Å². The molecule has 186 valence electrons. The summed E-state index contributed by atoms with van der Waals surface area (Å²) >= 11 is 14.9. The minimum atomic E-state index is -1.89. The second-order valence-electron chi connectivity index (χ2n) is 9.15. The predicted octanol–water partition coefficient (Wildman–Crippen LogP) is 6.01. The number of aliphatic carboxylic acids is 2. The third kappa shape index (κ3) is 6.04. The average Bonchev–Trinajstić information content (AvgIpc) is 2.75. The van der Waals surface area contributed by atoms with Gasteiger partial charge >= 0.3 is 0 Å². The van der Waals surface area contributed by atoms with Crippen molar-refractivity contribution in [3.05, 3.63) is 10.6 Å². The van der Waals surface area contributed by atoms with Crippen LogP contribution in [0.25, 0.3) is 0 Å². The molecule has 0 aromatic rings. The molecule has 0 heterocycles. The number of carbonyl (C=O) groups excluding carboxylic acids is 2. The second kappa shape index (κ2) is 13.1. The molecule has 0 aliphatic heterocycles. The molecular formula is C24H36Br4O4-2. The number of carbonyl (C=O) groups is 2. The van der Waals surface area contributed by atoms with Gasteiger partial charge in [-0.05, 0) is 24.7 Å². The first-order valence-electron chi connectivity index (χ1n) is 11.8. The molecular weight excluding hydrogens is 672 g/mol. The van der Waals surface area contributed by atoms with E-state index in [0.29, 0.717) is 23.2 Å². The molecule has 0 N–H and O–H groups in total. The van der Waals surface area contributed by atoms with E-state index in [1.807, 2.05) is 0 Å². The molecule has 32 heavy (non-hydrogen) atoms. The average molecular weight is 708 g/mol. The van der Waals surface area contributed by atoms with Gasteiger partial charge < -0.3 is 19.8 Å². The van der Waals surface area contributed by atoms with Crippen LogP contribution in [0.15, 0.2) is 10.6 Å². The number of carboxylic acids is 2. The summed E-state index contributed by atoms with van der Waals surface area (Å²) in [4.78, 5) is 24.8. The van der Waals surface area contributed by atoms with E-state index in [-0.39, 0.29) is 5.92 Å². The van der Waals surface area contributed by atoms with Crippen molar-refractivity contribution in [3.8, 4) is 0 Å². The molecule has 0 saturated carbocycles. The Balaban J connectivity index is 3.71. The highest BCUT2D eigenvalue weighted by atomic mass is 79.9. The number of allylic oxidation sites excluding steroid dienone is 1. The lowest BCUT2D eigenvalue weighted by Crippen LogP contribution is -2.72. The summed E-state index contributed by atoms with van der Waals surface area (Å²) in [5, 5.41) is 24.8. The van der Waals surface area contributed by atoms with Crippen molar-refractivity contribution < 1.29 is 19.8 Å². The highest BCUT2D eigenvalue weighted by Crippen LogP contribution is 2.65. The van der Waals surface area contributed by atoms with E-state index >= 15 is 0 Å². The van der Waals surface area contributed by atoms with Crippen LogP contribution in [0, 0.1) is 17.8 Å². The number of hydrogen-bond acceptors (Lipinski definition) is 4. The Morgan fingerprint density at radius 2 is 1.41 bits per heavy atom. The zero-order chi connectivity index (χ0) is 24.7. The van der Waals surface area contributed by atoms with E-state index in [4.69, 9.17) is 0 Å². The number of alkyl halides is 3. The van der Waals surface area contributed by atoms with Crippen molar-refractivity contribution in [1.29, 1.82) is 0 Å². The van der Waals surface area contributed by atoms with E-state index in [1.165, 1.54) is 6.08 Å². The van der Waals surface area contributed by atoms with Gasteiger partial charge in [-0.3, -0.25) is 0 Å². The maximum Gasteiger partial charge on any atom is 0.0935 e. The van der Waals surface area contributed by atoms with Crippen LogP contribution in [-0.2, 0) is 9.59 Å². The molecule has 8 heteroatoms. The minimum Gasteiger partial charge on any atom is -0.549 e. The Morgan fingerprint density at radius 3 is 1.78 bits per heavy atom. The zero-order valence-electron chi connectivity index (χ0n) is 19.5. The molecule has 0 amide bonds. The van der Waals surface area contributed by atoms with E-state index in [0.717, 1.165) is 51.4 Å². The molecule has 0 bridgehead atoms. The number of hydrogen-bond donors (Lipinski definition) is 0. The summed E-state index contributed by atoms with van der Waals surface area (Å²) in [5.41, 5.74) is 0. The van der Waals surface area contributed by atoms with Crippen LogP contribution in [0.4, 0.5) is 0 Å². The number of carboxylic acid groups (broad SMARTS) is 2. The summed E-state index contributed by atoms with van der Waals surface area (Å²) in [7, 11) is 0. The zero-order valence-corrected chi connectivity index (χ0v) is 25.9. The summed E-state index contributed by atoms with van der Waals surface area (Å²) < 4.78 is -3.24. The third-order valence-corrected chi connectivity index (χ3v) is 14.2. The van der Waals surface area contributed by atoms with Crippen LogP contribution in [-0.4, -0.2) is 24.9 Å². The van der Waals surface area contributed by atoms with E-state index in [2.05, 4.69) is 91.4 Å². The third-order valence-electron chi connectivity index (χ3n) is 7.10. The molecule has 0 radical (unpaired) electrons. The van der Waals surface area contributed by atoms with Crippen LogP contribution in [0.5, 0.6) is 0 Å². The van der Waals surface area contributed by atoms with Crippen LogP contribution in [0.1, 0.15) is 91.9 Å². The summed E-state index contributed by atoms with van der Waals surface area (Å²) in [6.45, 7) is 8.54. The van der Waals surface area contributed by atoms with Crippen molar-refractivity contribution in [2.45, 2.75) is 105 Å². The lowest BCUT2D eigenvalue weighted by molar-refractivity contribution is -0.323. The lowest BCUT2D eigenvalue weighted by atomic mass is 9.63. The van der Waals surface area contributed by atoms with Gasteiger partial charge in [-0.25, -0.2) is 0 Å². The molecule has 6 unspecified atom stereocenters. The summed E-state index contributed by atoms with van der Waals surface area (Å²) in [6, 6.07) is 0. The number of rotatable bonds is 14. The fourth-order valence-electron chi connectivity index (χ4n) is 4.89. The first-order valence-corrected chi connectivity index (χ1v) is 14.9. The van der Waals surface area contributed by atoms with Crippen molar-refractivity contribution in [2.75, 3.05) is 0 Å². The lowest BCUT2D eigenvalue weighted by Gasteiger charge is -2.60. The van der Waals surface area contributed by atoms with Gasteiger partial charge in [0, 0.05) is 10.4 Å². The molecule has 1 aliphatic carbocycles. The van der Waals surface area contributed by atoms with Crippen molar-refractivity contribution in [2.24, 2.45) is 17.8 Å². The first-order chi connectivity index (χ1) is 14.9. The van der Waals surface area contributed by atoms with Gasteiger partial charge in [0.2, 0.25) is 0 Å². The Hall–Kier alpha value is 0.600. The highest BCUT2D eigenvalue weighted by molar-refractivity contribution is 9.16. The molecule has 0 aromatic carbocycles. The Bertz CT molecular complexity index is 685. The van der Waals surface area contributed by atoms with Gasteiger partial charge in [0.15, 0.2) is 0 Å². The first kappa shape index (κ1) is 30.6. The fraction of sp³-hybridized carbons (Fsp3) is 0.833. The molecule has 4 nitrogen and oxygen atoms in total. The van der Waals surface area contributed by atoms with Crippen molar-refractivity contribution in [1.82, 2.24) is 0 Å². The quantitative estimate of drug-likeness (QED) is 0.207. The molecule has 6 atom stereocenters. The van der Waals surface area contributed by atoms with E-state index < -0.39 is 30.8 Å². The van der Waals surface area contributed by atoms with Crippen molar-refractivity contribution >= 4 is 75.7 Å². The van der Waals surface area contributed by atoms with Gasteiger partial charge in [-0.15, -0.1) is 0 Å². The molecule has 1 rings (SSSR count). The summed E-state index contributed by atoms with van der Waals surface area (Å²) in [6.07, 6.45) is 10.7. The topological polar surface area (TPSA) is 80.3 Å². The monoisotopic (exact) mass is 704 g/mol. The maximum atomic E-state index is 12.7. The Labute approximate surface area is 227 Å². The van der Waals surface area contributed by atoms with Crippen LogP contribution >= 0.6 is 63.7 Å². The molecule has 1 aliphatic rings. The molecule has 0 fully saturated rings. The fourth-order valence-corrected chi connectivity index (χ4v) is 9.31. The Kier molecular flexibility index (Phi) is 12.5. The summed E-state index contributed by atoms with van der Waals surface area (Å²) in [5.74, 6) is -3.72. The van der Waals surface area contributed by atoms with E-state index in [9.17, 15) is 19.8 Å². The van der Waals surface area contributed by atoms with Gasteiger partial charge in [0.25, 0.3) is 0 Å². The molecule has 0 spiro atoms. The van der Waals surface area contributed by atoms with Crippen LogP contribution < -0.4 is 10.2 Å². The van der Waals surface area contributed by atoms with Crippen LogP contribution in [0.2, 0.25) is 0 Å². The molecule has 0 saturated heterocycles. The van der Waals surface area contributed by atoms with Gasteiger partial charge in [-0.2, -0.15) is 0 Å². The second-order valence-corrected chi connectivity index (χ2v) is 14.0. The minimum absolute atomic E-state index is 0.221. The standard InChI is InChI=1S/C24H38Br4O4/c1-5-9-11-16(7-3)14-22(26)19(25)13-18(20(29)30)24(28,21(31)32)23(22,27)15-17(8-4)12-10-6-2/h13,16-18H,5-12,14-15H2,1-4H3,(H,29,30)(H,31,32)/p-2. The number of unbranched alkanes of at least 4 members (excludes halogenated alkanes) is 2.